The van der Waals surface area contributed by atoms with Crippen LogP contribution in [-0.4, -0.2) is 50.4 Å². The summed E-state index contributed by atoms with van der Waals surface area (Å²) in [5.74, 6) is 0.580. The number of carbonyl (C=O) groups is 1. The lowest BCUT2D eigenvalue weighted by molar-refractivity contribution is -0.132. The van der Waals surface area contributed by atoms with Crippen LogP contribution in [-0.2, 0) is 14.6 Å². The monoisotopic (exact) mass is 290 g/mol. The van der Waals surface area contributed by atoms with Crippen molar-refractivity contribution < 1.29 is 13.2 Å². The molecule has 0 radical (unpaired) electrons. The predicted molar refractivity (Wildman–Crippen MR) is 76.5 cm³/mol. The summed E-state index contributed by atoms with van der Waals surface area (Å²) in [6.07, 6.45) is 5.75. The van der Waals surface area contributed by atoms with E-state index in [0.717, 1.165) is 32.4 Å². The molecule has 0 aromatic heterocycles. The average molecular weight is 290 g/mol. The highest BCUT2D eigenvalue weighted by Crippen LogP contribution is 2.20. The van der Waals surface area contributed by atoms with E-state index in [1.807, 2.05) is 4.90 Å². The fraction of sp³-hybridized carbons (Fsp3) is 0.923. The van der Waals surface area contributed by atoms with Gasteiger partial charge in [-0.15, -0.1) is 0 Å². The van der Waals surface area contributed by atoms with E-state index in [9.17, 15) is 13.2 Å². The topological polar surface area (TPSA) is 80.5 Å². The molecule has 112 valence electrons. The van der Waals surface area contributed by atoms with Gasteiger partial charge in [-0.05, 0) is 31.6 Å². The van der Waals surface area contributed by atoms with Crippen molar-refractivity contribution in [3.8, 4) is 0 Å². The Bertz CT molecular complexity index is 395. The van der Waals surface area contributed by atoms with Gasteiger partial charge < -0.3 is 10.6 Å². The van der Waals surface area contributed by atoms with Crippen LogP contribution in [0.2, 0.25) is 0 Å². The molecule has 1 amide bonds. The van der Waals surface area contributed by atoms with Gasteiger partial charge in [-0.3, -0.25) is 4.79 Å². The second-order valence-electron chi connectivity index (χ2n) is 5.56. The molecular formula is C13H26N2O3S. The van der Waals surface area contributed by atoms with E-state index >= 15 is 0 Å². The standard InChI is InChI=1S/C13H26N2O3S/c1-3-11-5-4-8-15(9-6-11)13(16)12(14)7-10-19(2,17)18/h11-12H,3-10,14H2,1-2H3. The molecule has 1 rings (SSSR count). The first-order chi connectivity index (χ1) is 8.83. The molecule has 1 saturated heterocycles. The molecule has 5 nitrogen and oxygen atoms in total. The number of likely N-dealkylation sites (tertiary alicyclic amines) is 1. The van der Waals surface area contributed by atoms with Crippen LogP contribution >= 0.6 is 0 Å². The maximum absolute atomic E-state index is 12.2. The molecule has 0 spiro atoms. The minimum atomic E-state index is -3.05. The lowest BCUT2D eigenvalue weighted by Gasteiger charge is -2.24. The van der Waals surface area contributed by atoms with Crippen molar-refractivity contribution in [1.29, 1.82) is 0 Å². The average Bonchev–Trinajstić information content (AvgIpc) is 2.59. The molecule has 2 atom stereocenters. The molecular weight excluding hydrogens is 264 g/mol. The van der Waals surface area contributed by atoms with Gasteiger partial charge in [-0.1, -0.05) is 13.3 Å². The Kier molecular flexibility index (Phi) is 6.26. The third-order valence-electron chi connectivity index (χ3n) is 3.85. The number of nitrogens with two attached hydrogens (primary N) is 1. The number of sulfone groups is 1. The first kappa shape index (κ1) is 16.4. The second-order valence-corrected chi connectivity index (χ2v) is 7.82. The van der Waals surface area contributed by atoms with E-state index in [-0.39, 0.29) is 18.1 Å². The van der Waals surface area contributed by atoms with Crippen molar-refractivity contribution >= 4 is 15.7 Å². The van der Waals surface area contributed by atoms with E-state index in [1.54, 1.807) is 0 Å². The molecule has 0 aliphatic carbocycles. The molecule has 0 aromatic rings. The number of hydrogen-bond acceptors (Lipinski definition) is 4. The maximum Gasteiger partial charge on any atom is 0.239 e. The van der Waals surface area contributed by atoms with Crippen molar-refractivity contribution in [2.75, 3.05) is 25.1 Å². The minimum absolute atomic E-state index is 0.0225. The predicted octanol–water partition coefficient (Wildman–Crippen LogP) is 0.787. The summed E-state index contributed by atoms with van der Waals surface area (Å²) in [6.45, 7) is 3.69. The Morgan fingerprint density at radius 2 is 2.05 bits per heavy atom. The van der Waals surface area contributed by atoms with Gasteiger partial charge in [0.1, 0.15) is 9.84 Å². The van der Waals surface area contributed by atoms with Crippen molar-refractivity contribution in [3.63, 3.8) is 0 Å². The van der Waals surface area contributed by atoms with Crippen LogP contribution in [0.15, 0.2) is 0 Å². The molecule has 6 heteroatoms. The Morgan fingerprint density at radius 1 is 1.37 bits per heavy atom. The van der Waals surface area contributed by atoms with Gasteiger partial charge in [0.2, 0.25) is 5.91 Å². The van der Waals surface area contributed by atoms with Gasteiger partial charge in [-0.25, -0.2) is 8.42 Å². The van der Waals surface area contributed by atoms with Crippen LogP contribution in [0.3, 0.4) is 0 Å². The summed E-state index contributed by atoms with van der Waals surface area (Å²) in [4.78, 5) is 14.0. The number of amides is 1. The Balaban J connectivity index is 2.47. The van der Waals surface area contributed by atoms with Crippen molar-refractivity contribution in [1.82, 2.24) is 4.90 Å². The summed E-state index contributed by atoms with van der Waals surface area (Å²) in [5, 5.41) is 0. The molecule has 1 heterocycles. The third kappa shape index (κ3) is 5.91. The SMILES string of the molecule is CCC1CCCN(C(=O)C(N)CCS(C)(=O)=O)CC1. The van der Waals surface area contributed by atoms with Gasteiger partial charge in [0.25, 0.3) is 0 Å². The Hall–Kier alpha value is -0.620. The van der Waals surface area contributed by atoms with Crippen LogP contribution in [0.4, 0.5) is 0 Å². The van der Waals surface area contributed by atoms with Crippen LogP contribution < -0.4 is 5.73 Å². The van der Waals surface area contributed by atoms with Crippen molar-refractivity contribution in [2.24, 2.45) is 11.7 Å². The first-order valence-corrected chi connectivity index (χ1v) is 9.11. The third-order valence-corrected chi connectivity index (χ3v) is 4.83. The smallest absolute Gasteiger partial charge is 0.239 e. The zero-order valence-corrected chi connectivity index (χ0v) is 12.8. The van der Waals surface area contributed by atoms with Crippen LogP contribution in [0.25, 0.3) is 0 Å². The molecule has 0 saturated carbocycles. The fourth-order valence-electron chi connectivity index (χ4n) is 2.49. The summed E-state index contributed by atoms with van der Waals surface area (Å²) in [5.41, 5.74) is 5.82. The number of nitrogens with zero attached hydrogens (tertiary/aromatic N) is 1. The molecule has 1 aliphatic heterocycles. The summed E-state index contributed by atoms with van der Waals surface area (Å²) >= 11 is 0. The highest BCUT2D eigenvalue weighted by atomic mass is 32.2. The molecule has 1 aliphatic rings. The Morgan fingerprint density at radius 3 is 2.63 bits per heavy atom. The van der Waals surface area contributed by atoms with Gasteiger partial charge in [0, 0.05) is 19.3 Å². The molecule has 1 fully saturated rings. The zero-order valence-electron chi connectivity index (χ0n) is 12.0. The zero-order chi connectivity index (χ0) is 14.5. The lowest BCUT2D eigenvalue weighted by atomic mass is 9.98. The normalized spacial score (nSPS) is 22.9. The second kappa shape index (κ2) is 7.24. The number of rotatable bonds is 5. The highest BCUT2D eigenvalue weighted by Gasteiger charge is 2.24. The summed E-state index contributed by atoms with van der Waals surface area (Å²) in [6, 6.07) is -0.687. The summed E-state index contributed by atoms with van der Waals surface area (Å²) < 4.78 is 22.2. The van der Waals surface area contributed by atoms with Crippen LogP contribution in [0, 0.1) is 5.92 Å². The van der Waals surface area contributed by atoms with E-state index in [0.29, 0.717) is 5.92 Å². The molecule has 2 unspecified atom stereocenters. The first-order valence-electron chi connectivity index (χ1n) is 7.05. The largest absolute Gasteiger partial charge is 0.341 e. The Labute approximate surface area is 116 Å². The maximum atomic E-state index is 12.2. The lowest BCUT2D eigenvalue weighted by Crippen LogP contribution is -2.45. The molecule has 0 bridgehead atoms. The molecule has 0 aromatic carbocycles. The van der Waals surface area contributed by atoms with Gasteiger partial charge >= 0.3 is 0 Å². The van der Waals surface area contributed by atoms with Crippen molar-refractivity contribution in [3.05, 3.63) is 0 Å². The minimum Gasteiger partial charge on any atom is -0.341 e. The molecule has 2 N–H and O–H groups in total. The molecule has 19 heavy (non-hydrogen) atoms. The van der Waals surface area contributed by atoms with Crippen LogP contribution in [0.1, 0.15) is 39.0 Å². The van der Waals surface area contributed by atoms with Gasteiger partial charge in [0.05, 0.1) is 11.8 Å². The van der Waals surface area contributed by atoms with E-state index in [4.69, 9.17) is 5.73 Å². The van der Waals surface area contributed by atoms with Gasteiger partial charge in [-0.2, -0.15) is 0 Å². The van der Waals surface area contributed by atoms with Gasteiger partial charge in [0.15, 0.2) is 0 Å². The fourth-order valence-corrected chi connectivity index (χ4v) is 3.18. The highest BCUT2D eigenvalue weighted by molar-refractivity contribution is 7.90. The van der Waals surface area contributed by atoms with Crippen LogP contribution in [0.5, 0.6) is 0 Å². The van der Waals surface area contributed by atoms with E-state index in [2.05, 4.69) is 6.92 Å². The number of hydrogen-bond donors (Lipinski definition) is 1. The quantitative estimate of drug-likeness (QED) is 0.811. The van der Waals surface area contributed by atoms with Crippen molar-refractivity contribution in [2.45, 2.75) is 45.1 Å². The number of carbonyl (C=O) groups excluding carboxylic acids is 1. The van der Waals surface area contributed by atoms with E-state index < -0.39 is 15.9 Å². The summed E-state index contributed by atoms with van der Waals surface area (Å²) in [7, 11) is -3.05. The van der Waals surface area contributed by atoms with E-state index in [1.165, 1.54) is 12.7 Å².